The molecule has 0 amide bonds. The van der Waals surface area contributed by atoms with Gasteiger partial charge in [0.15, 0.2) is 0 Å². The quantitative estimate of drug-likeness (QED) is 0.751. The molecule has 0 aliphatic heterocycles. The van der Waals surface area contributed by atoms with Crippen LogP contribution in [0.4, 0.5) is 0 Å². The van der Waals surface area contributed by atoms with Crippen LogP contribution >= 0.6 is 0 Å². The molecule has 2 heteroatoms. The van der Waals surface area contributed by atoms with Crippen molar-refractivity contribution >= 4 is 10.9 Å². The van der Waals surface area contributed by atoms with Gasteiger partial charge in [0.25, 0.3) is 0 Å². The predicted octanol–water partition coefficient (Wildman–Crippen LogP) is 3.55. The van der Waals surface area contributed by atoms with Crippen molar-refractivity contribution in [1.82, 2.24) is 9.88 Å². The smallest absolute Gasteiger partial charge is 0.0483 e. The number of hydrogen-bond acceptors (Lipinski definition) is 1. The molecular formula is C15H22N2. The van der Waals surface area contributed by atoms with Gasteiger partial charge in [-0.05, 0) is 31.2 Å². The third kappa shape index (κ3) is 2.70. The van der Waals surface area contributed by atoms with Crippen LogP contribution in [0.5, 0.6) is 0 Å². The molecule has 0 bridgehead atoms. The van der Waals surface area contributed by atoms with Crippen LogP contribution in [-0.2, 0) is 13.1 Å². The average Bonchev–Trinajstić information content (AvgIpc) is 2.75. The summed E-state index contributed by atoms with van der Waals surface area (Å²) in [7, 11) is 2.00. The molecule has 0 aliphatic carbocycles. The Balaban J connectivity index is 2.24. The van der Waals surface area contributed by atoms with Crippen LogP contribution in [-0.4, -0.2) is 11.6 Å². The van der Waals surface area contributed by atoms with E-state index in [0.29, 0.717) is 0 Å². The molecule has 17 heavy (non-hydrogen) atoms. The molecule has 92 valence electrons. The fraction of sp³-hybridized carbons (Fsp3) is 0.467. The molecule has 0 saturated carbocycles. The van der Waals surface area contributed by atoms with Gasteiger partial charge in [-0.1, -0.05) is 31.9 Å². The second-order valence-corrected chi connectivity index (χ2v) is 4.60. The van der Waals surface area contributed by atoms with E-state index in [1.54, 1.807) is 0 Å². The van der Waals surface area contributed by atoms with Gasteiger partial charge in [-0.15, -0.1) is 0 Å². The normalized spacial score (nSPS) is 11.2. The summed E-state index contributed by atoms with van der Waals surface area (Å²) in [6.45, 7) is 4.33. The largest absolute Gasteiger partial charge is 0.347 e. The van der Waals surface area contributed by atoms with E-state index < -0.39 is 0 Å². The molecule has 1 heterocycles. The van der Waals surface area contributed by atoms with E-state index in [1.807, 2.05) is 7.05 Å². The molecule has 0 aliphatic rings. The van der Waals surface area contributed by atoms with Crippen molar-refractivity contribution in [1.29, 1.82) is 0 Å². The van der Waals surface area contributed by atoms with Gasteiger partial charge in [0, 0.05) is 30.2 Å². The fourth-order valence-corrected chi connectivity index (χ4v) is 2.36. The SMILES string of the molecule is CCCCCn1ccc2c(CNC)cccc21. The molecule has 0 atom stereocenters. The zero-order valence-corrected chi connectivity index (χ0v) is 10.9. The van der Waals surface area contributed by atoms with Crippen molar-refractivity contribution in [3.8, 4) is 0 Å². The Hall–Kier alpha value is -1.28. The Bertz CT molecular complexity index is 471. The number of nitrogens with one attached hydrogen (secondary N) is 1. The summed E-state index contributed by atoms with van der Waals surface area (Å²) >= 11 is 0. The Labute approximate surface area is 104 Å². The summed E-state index contributed by atoms with van der Waals surface area (Å²) in [4.78, 5) is 0. The first-order valence-electron chi connectivity index (χ1n) is 6.58. The van der Waals surface area contributed by atoms with Crippen molar-refractivity contribution in [2.75, 3.05) is 7.05 Å². The summed E-state index contributed by atoms with van der Waals surface area (Å²) < 4.78 is 2.38. The Kier molecular flexibility index (Phi) is 4.21. The second kappa shape index (κ2) is 5.87. The second-order valence-electron chi connectivity index (χ2n) is 4.60. The standard InChI is InChI=1S/C15H22N2/c1-3-4-5-10-17-11-9-14-13(12-16-2)7-6-8-15(14)17/h6-9,11,16H,3-5,10,12H2,1-2H3. The van der Waals surface area contributed by atoms with Gasteiger partial charge in [-0.3, -0.25) is 0 Å². The maximum atomic E-state index is 3.23. The molecule has 1 aromatic carbocycles. The van der Waals surface area contributed by atoms with E-state index in [9.17, 15) is 0 Å². The average molecular weight is 230 g/mol. The zero-order valence-electron chi connectivity index (χ0n) is 10.9. The minimum absolute atomic E-state index is 0.941. The monoisotopic (exact) mass is 230 g/mol. The molecular weight excluding hydrogens is 208 g/mol. The summed E-state index contributed by atoms with van der Waals surface area (Å²) in [5.41, 5.74) is 2.76. The van der Waals surface area contributed by atoms with Crippen molar-refractivity contribution in [2.45, 2.75) is 39.3 Å². The van der Waals surface area contributed by atoms with Crippen LogP contribution in [0.2, 0.25) is 0 Å². The zero-order chi connectivity index (χ0) is 12.1. The van der Waals surface area contributed by atoms with Crippen LogP contribution in [0.3, 0.4) is 0 Å². The lowest BCUT2D eigenvalue weighted by molar-refractivity contribution is 0.616. The molecule has 0 saturated heterocycles. The molecule has 0 radical (unpaired) electrons. The number of fused-ring (bicyclic) bond motifs is 1. The maximum Gasteiger partial charge on any atom is 0.0483 e. The fourth-order valence-electron chi connectivity index (χ4n) is 2.36. The molecule has 2 rings (SSSR count). The molecule has 2 aromatic rings. The molecule has 0 spiro atoms. The highest BCUT2D eigenvalue weighted by Crippen LogP contribution is 2.20. The van der Waals surface area contributed by atoms with Crippen LogP contribution < -0.4 is 5.32 Å². The highest BCUT2D eigenvalue weighted by Gasteiger charge is 2.04. The van der Waals surface area contributed by atoms with Crippen LogP contribution in [0.25, 0.3) is 10.9 Å². The number of aromatic nitrogens is 1. The van der Waals surface area contributed by atoms with Gasteiger partial charge in [-0.25, -0.2) is 0 Å². The first kappa shape index (κ1) is 12.2. The lowest BCUT2D eigenvalue weighted by Crippen LogP contribution is -2.05. The maximum absolute atomic E-state index is 3.23. The topological polar surface area (TPSA) is 17.0 Å². The molecule has 0 unspecified atom stereocenters. The van der Waals surface area contributed by atoms with Gasteiger partial charge in [-0.2, -0.15) is 0 Å². The van der Waals surface area contributed by atoms with Crippen molar-refractivity contribution in [3.05, 3.63) is 36.0 Å². The lowest BCUT2D eigenvalue weighted by atomic mass is 10.1. The third-order valence-corrected chi connectivity index (χ3v) is 3.27. The van der Waals surface area contributed by atoms with Crippen LogP contribution in [0, 0.1) is 0 Å². The van der Waals surface area contributed by atoms with E-state index in [1.165, 1.54) is 35.7 Å². The number of hydrogen-bond donors (Lipinski definition) is 1. The Morgan fingerprint density at radius 2 is 2.06 bits per heavy atom. The highest BCUT2D eigenvalue weighted by atomic mass is 14.9. The van der Waals surface area contributed by atoms with Gasteiger partial charge in [0.05, 0.1) is 0 Å². The van der Waals surface area contributed by atoms with Gasteiger partial charge < -0.3 is 9.88 Å². The minimum atomic E-state index is 0.941. The molecule has 2 nitrogen and oxygen atoms in total. The highest BCUT2D eigenvalue weighted by molar-refractivity contribution is 5.83. The van der Waals surface area contributed by atoms with E-state index in [4.69, 9.17) is 0 Å². The van der Waals surface area contributed by atoms with Crippen molar-refractivity contribution in [3.63, 3.8) is 0 Å². The van der Waals surface area contributed by atoms with E-state index in [0.717, 1.165) is 13.1 Å². The van der Waals surface area contributed by atoms with Crippen molar-refractivity contribution < 1.29 is 0 Å². The Morgan fingerprint density at radius 1 is 1.18 bits per heavy atom. The summed E-state index contributed by atoms with van der Waals surface area (Å²) in [5, 5.41) is 4.62. The number of rotatable bonds is 6. The first-order chi connectivity index (χ1) is 8.36. The third-order valence-electron chi connectivity index (χ3n) is 3.27. The number of aryl methyl sites for hydroxylation is 1. The van der Waals surface area contributed by atoms with Crippen LogP contribution in [0.15, 0.2) is 30.5 Å². The summed E-state index contributed by atoms with van der Waals surface area (Å²) in [6.07, 6.45) is 6.09. The predicted molar refractivity (Wildman–Crippen MR) is 74.2 cm³/mol. The van der Waals surface area contributed by atoms with Gasteiger partial charge in [0.1, 0.15) is 0 Å². The van der Waals surface area contributed by atoms with Crippen LogP contribution in [0.1, 0.15) is 31.7 Å². The van der Waals surface area contributed by atoms with E-state index in [2.05, 4.69) is 47.3 Å². The lowest BCUT2D eigenvalue weighted by Gasteiger charge is -2.06. The van der Waals surface area contributed by atoms with E-state index >= 15 is 0 Å². The Morgan fingerprint density at radius 3 is 2.82 bits per heavy atom. The summed E-state index contributed by atoms with van der Waals surface area (Å²) in [6, 6.07) is 8.83. The molecule has 1 N–H and O–H groups in total. The molecule has 1 aromatic heterocycles. The summed E-state index contributed by atoms with van der Waals surface area (Å²) in [5.74, 6) is 0. The first-order valence-corrected chi connectivity index (χ1v) is 6.58. The number of nitrogens with zero attached hydrogens (tertiary/aromatic N) is 1. The van der Waals surface area contributed by atoms with Crippen molar-refractivity contribution in [2.24, 2.45) is 0 Å². The number of benzene rings is 1. The van der Waals surface area contributed by atoms with Gasteiger partial charge in [0.2, 0.25) is 0 Å². The minimum Gasteiger partial charge on any atom is -0.347 e. The molecule has 0 fully saturated rings. The van der Waals surface area contributed by atoms with Gasteiger partial charge >= 0.3 is 0 Å². The van der Waals surface area contributed by atoms with E-state index in [-0.39, 0.29) is 0 Å². The number of unbranched alkanes of at least 4 members (excludes halogenated alkanes) is 2.